The molecule has 3 rings (SSSR count). The van der Waals surface area contributed by atoms with Crippen LogP contribution in [-0.2, 0) is 36.7 Å². The molecule has 0 spiro atoms. The molecule has 0 radical (unpaired) electrons. The second kappa shape index (κ2) is 18.8. The number of ether oxygens (including phenoxy) is 5. The van der Waals surface area contributed by atoms with Crippen molar-refractivity contribution >= 4 is 69.1 Å². The normalized spacial score (nSPS) is 12.8. The van der Waals surface area contributed by atoms with Gasteiger partial charge in [-0.15, -0.1) is 0 Å². The molecular weight excluding hydrogens is 860 g/mol. The lowest BCUT2D eigenvalue weighted by Crippen LogP contribution is -2.57. The van der Waals surface area contributed by atoms with Crippen molar-refractivity contribution in [3.8, 4) is 23.0 Å². The van der Waals surface area contributed by atoms with Gasteiger partial charge in [0.25, 0.3) is 0 Å². The molecule has 264 valence electrons. The number of carbonyl (C=O) groups excluding carboxylic acids is 4. The van der Waals surface area contributed by atoms with Gasteiger partial charge in [-0.25, -0.2) is 9.59 Å². The molecule has 0 aliphatic heterocycles. The molecule has 3 atom stereocenters. The third kappa shape index (κ3) is 12.9. The SMILES string of the molecule is COC(=O)[C@@H](CI)NC(=O)[C@H](Cc1ccc(OC)cc1)NC(=O)[C@H](Cc1ccc(Oc2cc(I)ccc2OC)cc1)NC(=O)OC(C)(C)C. The van der Waals surface area contributed by atoms with E-state index in [0.29, 0.717) is 28.6 Å². The molecule has 0 bridgehead atoms. The number of rotatable bonds is 15. The molecule has 3 aromatic carbocycles. The maximum absolute atomic E-state index is 13.9. The van der Waals surface area contributed by atoms with Gasteiger partial charge in [0.2, 0.25) is 11.8 Å². The van der Waals surface area contributed by atoms with E-state index in [1.807, 2.05) is 40.8 Å². The Morgan fingerprint density at radius 1 is 0.694 bits per heavy atom. The fourth-order valence-corrected chi connectivity index (χ4v) is 5.54. The molecular formula is C35H41I2N3O9. The molecule has 3 N–H and O–H groups in total. The van der Waals surface area contributed by atoms with Crippen LogP contribution < -0.4 is 30.2 Å². The maximum atomic E-state index is 13.9. The minimum absolute atomic E-state index is 0.0628. The minimum Gasteiger partial charge on any atom is -0.497 e. The lowest BCUT2D eigenvalue weighted by atomic mass is 10.0. The van der Waals surface area contributed by atoms with Gasteiger partial charge in [0.05, 0.1) is 21.3 Å². The highest BCUT2D eigenvalue weighted by molar-refractivity contribution is 14.1. The van der Waals surface area contributed by atoms with Crippen LogP contribution in [-0.4, -0.2) is 73.4 Å². The quantitative estimate of drug-likeness (QED) is 0.104. The van der Waals surface area contributed by atoms with Gasteiger partial charge in [-0.1, -0.05) is 46.9 Å². The average molecular weight is 902 g/mol. The number of amides is 3. The summed E-state index contributed by atoms with van der Waals surface area (Å²) in [4.78, 5) is 52.6. The molecule has 0 heterocycles. The first-order valence-corrected chi connectivity index (χ1v) is 17.8. The van der Waals surface area contributed by atoms with E-state index in [4.69, 9.17) is 23.7 Å². The van der Waals surface area contributed by atoms with E-state index in [-0.39, 0.29) is 17.3 Å². The molecule has 14 heteroatoms. The number of carbonyl (C=O) groups is 4. The fraction of sp³-hybridized carbons (Fsp3) is 0.371. The van der Waals surface area contributed by atoms with Crippen molar-refractivity contribution in [2.24, 2.45) is 0 Å². The summed E-state index contributed by atoms with van der Waals surface area (Å²) in [5.41, 5.74) is 0.604. The third-order valence-corrected chi connectivity index (χ3v) is 8.46. The summed E-state index contributed by atoms with van der Waals surface area (Å²) in [5.74, 6) is 0.440. The van der Waals surface area contributed by atoms with E-state index >= 15 is 0 Å². The largest absolute Gasteiger partial charge is 0.497 e. The van der Waals surface area contributed by atoms with E-state index in [2.05, 4.69) is 38.5 Å². The molecule has 49 heavy (non-hydrogen) atoms. The number of alkyl carbamates (subject to hydrolysis) is 1. The zero-order chi connectivity index (χ0) is 36.1. The summed E-state index contributed by atoms with van der Waals surface area (Å²) in [6.45, 7) is 5.13. The Balaban J connectivity index is 1.87. The summed E-state index contributed by atoms with van der Waals surface area (Å²) in [7, 11) is 4.34. The van der Waals surface area contributed by atoms with Gasteiger partial charge in [0, 0.05) is 20.8 Å². The van der Waals surface area contributed by atoms with Crippen LogP contribution in [0.5, 0.6) is 23.0 Å². The number of hydrogen-bond acceptors (Lipinski definition) is 9. The third-order valence-electron chi connectivity index (χ3n) is 6.91. The number of alkyl halides is 1. The van der Waals surface area contributed by atoms with Gasteiger partial charge >= 0.3 is 12.1 Å². The Morgan fingerprint density at radius 2 is 1.22 bits per heavy atom. The Hall–Kier alpha value is -3.80. The van der Waals surface area contributed by atoms with Gasteiger partial charge in [-0.3, -0.25) is 9.59 Å². The number of methoxy groups -OCH3 is 3. The second-order valence-corrected chi connectivity index (χ2v) is 13.9. The zero-order valence-corrected chi connectivity index (χ0v) is 32.4. The zero-order valence-electron chi connectivity index (χ0n) is 28.1. The first kappa shape index (κ1) is 39.6. The van der Waals surface area contributed by atoms with Crippen molar-refractivity contribution in [2.75, 3.05) is 25.8 Å². The molecule has 0 unspecified atom stereocenters. The number of nitrogens with one attached hydrogen (secondary N) is 3. The monoisotopic (exact) mass is 901 g/mol. The summed E-state index contributed by atoms with van der Waals surface area (Å²) in [6, 6.07) is 16.5. The van der Waals surface area contributed by atoms with Gasteiger partial charge in [0.15, 0.2) is 11.5 Å². The first-order chi connectivity index (χ1) is 23.2. The van der Waals surface area contributed by atoms with Crippen LogP contribution in [0.2, 0.25) is 0 Å². The Bertz CT molecular complexity index is 1580. The molecule has 0 saturated carbocycles. The molecule has 12 nitrogen and oxygen atoms in total. The van der Waals surface area contributed by atoms with E-state index in [9.17, 15) is 19.2 Å². The van der Waals surface area contributed by atoms with Crippen LogP contribution >= 0.6 is 45.2 Å². The number of hydrogen-bond donors (Lipinski definition) is 3. The molecule has 0 aliphatic carbocycles. The molecule has 0 aliphatic rings. The van der Waals surface area contributed by atoms with Crippen LogP contribution in [0.4, 0.5) is 4.79 Å². The van der Waals surface area contributed by atoms with Gasteiger partial charge in [-0.2, -0.15) is 0 Å². The number of esters is 1. The van der Waals surface area contributed by atoms with E-state index in [1.54, 1.807) is 83.5 Å². The van der Waals surface area contributed by atoms with Crippen molar-refractivity contribution in [1.82, 2.24) is 16.0 Å². The van der Waals surface area contributed by atoms with Gasteiger partial charge in [-0.05, 0) is 97.0 Å². The molecule has 3 amide bonds. The van der Waals surface area contributed by atoms with Crippen molar-refractivity contribution in [3.05, 3.63) is 81.4 Å². The van der Waals surface area contributed by atoms with Crippen molar-refractivity contribution in [1.29, 1.82) is 0 Å². The molecule has 0 saturated heterocycles. The highest BCUT2D eigenvalue weighted by Crippen LogP contribution is 2.33. The van der Waals surface area contributed by atoms with Crippen LogP contribution in [0.3, 0.4) is 0 Å². The predicted molar refractivity (Wildman–Crippen MR) is 201 cm³/mol. The molecule has 3 aromatic rings. The standard InChI is InChI=1S/C35H41I2N3O9/c1-35(2,3)49-34(44)40-27(18-22-9-14-25(15-10-22)48-30-19-23(37)11-16-29(30)46-5)32(42)38-26(17-21-7-12-24(45-4)13-8-21)31(41)39-28(20-36)33(43)47-6/h7-16,19,26-28H,17-18,20H2,1-6H3,(H,38,42)(H,39,41)(H,40,44)/t26-,27-,28+/m0/s1. The van der Waals surface area contributed by atoms with Crippen molar-refractivity contribution in [2.45, 2.75) is 57.3 Å². The van der Waals surface area contributed by atoms with Crippen molar-refractivity contribution < 1.29 is 42.9 Å². The van der Waals surface area contributed by atoms with Crippen LogP contribution in [0.15, 0.2) is 66.7 Å². The van der Waals surface area contributed by atoms with Crippen molar-refractivity contribution in [3.63, 3.8) is 0 Å². The highest BCUT2D eigenvalue weighted by atomic mass is 127. The smallest absolute Gasteiger partial charge is 0.408 e. The number of benzene rings is 3. The van der Waals surface area contributed by atoms with Gasteiger partial charge < -0.3 is 39.6 Å². The molecule has 0 fully saturated rings. The summed E-state index contributed by atoms with van der Waals surface area (Å²) >= 11 is 4.15. The molecule has 0 aromatic heterocycles. The lowest BCUT2D eigenvalue weighted by molar-refractivity contribution is -0.144. The van der Waals surface area contributed by atoms with Crippen LogP contribution in [0.1, 0.15) is 31.9 Å². The van der Waals surface area contributed by atoms with Crippen LogP contribution in [0, 0.1) is 3.57 Å². The van der Waals surface area contributed by atoms with E-state index in [1.165, 1.54) is 7.11 Å². The summed E-state index contributed by atoms with van der Waals surface area (Å²) in [6.07, 6.45) is -0.651. The van der Waals surface area contributed by atoms with Gasteiger partial charge in [0.1, 0.15) is 35.2 Å². The summed E-state index contributed by atoms with van der Waals surface area (Å²) in [5, 5.41) is 8.11. The first-order valence-electron chi connectivity index (χ1n) is 15.2. The minimum atomic E-state index is -1.13. The lowest BCUT2D eigenvalue weighted by Gasteiger charge is -2.26. The topological polar surface area (TPSA) is 151 Å². The van der Waals surface area contributed by atoms with E-state index in [0.717, 1.165) is 9.13 Å². The average Bonchev–Trinajstić information content (AvgIpc) is 3.06. The van der Waals surface area contributed by atoms with Crippen LogP contribution in [0.25, 0.3) is 0 Å². The van der Waals surface area contributed by atoms with E-state index < -0.39 is 47.6 Å². The number of halogens is 2. The summed E-state index contributed by atoms with van der Waals surface area (Å²) < 4.78 is 28.2. The maximum Gasteiger partial charge on any atom is 0.408 e. The second-order valence-electron chi connectivity index (χ2n) is 11.8. The fourth-order valence-electron chi connectivity index (χ4n) is 4.50. The Kier molecular flexibility index (Phi) is 15.2. The Morgan fingerprint density at radius 3 is 1.71 bits per heavy atom. The Labute approximate surface area is 313 Å². The predicted octanol–water partition coefficient (Wildman–Crippen LogP) is 5.36. The highest BCUT2D eigenvalue weighted by Gasteiger charge is 2.31.